The molecule has 0 bridgehead atoms. The molecule has 0 aliphatic heterocycles. The van der Waals surface area contributed by atoms with Crippen LogP contribution in [0.25, 0.3) is 6.08 Å². The van der Waals surface area contributed by atoms with E-state index in [1.807, 2.05) is 24.3 Å². The summed E-state index contributed by atoms with van der Waals surface area (Å²) in [5, 5.41) is 12.1. The molecular formula is C13H16BrNO2. The summed E-state index contributed by atoms with van der Waals surface area (Å²) in [6.45, 7) is 3.52. The van der Waals surface area contributed by atoms with Crippen LogP contribution < -0.4 is 5.32 Å². The standard InChI is InChI=1S/C13H16BrNO2/c1-13(2,17)9-15-12(16)8-7-10-5-3-4-6-11(10)14/h3-8,17H,9H2,1-2H3,(H,15,16). The van der Waals surface area contributed by atoms with Gasteiger partial charge in [-0.05, 0) is 31.6 Å². The zero-order valence-corrected chi connectivity index (χ0v) is 11.5. The van der Waals surface area contributed by atoms with Gasteiger partial charge < -0.3 is 10.4 Å². The maximum Gasteiger partial charge on any atom is 0.244 e. The number of carbonyl (C=O) groups excluding carboxylic acids is 1. The van der Waals surface area contributed by atoms with Crippen molar-refractivity contribution in [1.29, 1.82) is 0 Å². The van der Waals surface area contributed by atoms with Crippen molar-refractivity contribution in [2.45, 2.75) is 19.4 Å². The van der Waals surface area contributed by atoms with Crippen molar-refractivity contribution in [1.82, 2.24) is 5.32 Å². The molecule has 0 aromatic heterocycles. The van der Waals surface area contributed by atoms with Crippen LogP contribution in [0.3, 0.4) is 0 Å². The van der Waals surface area contributed by atoms with Crippen molar-refractivity contribution < 1.29 is 9.90 Å². The highest BCUT2D eigenvalue weighted by atomic mass is 79.9. The SMILES string of the molecule is CC(C)(O)CNC(=O)C=Cc1ccccc1Br. The molecule has 4 heteroatoms. The molecular weight excluding hydrogens is 282 g/mol. The van der Waals surface area contributed by atoms with Crippen LogP contribution in [0.4, 0.5) is 0 Å². The number of amides is 1. The first-order valence-electron chi connectivity index (χ1n) is 5.31. The Morgan fingerprint density at radius 1 is 1.47 bits per heavy atom. The van der Waals surface area contributed by atoms with Gasteiger partial charge in [-0.3, -0.25) is 4.79 Å². The number of hydrogen-bond donors (Lipinski definition) is 2. The fraction of sp³-hybridized carbons (Fsp3) is 0.308. The molecule has 0 aliphatic carbocycles. The predicted molar refractivity (Wildman–Crippen MR) is 72.5 cm³/mol. The minimum absolute atomic E-state index is 0.220. The average Bonchev–Trinajstić information content (AvgIpc) is 2.24. The van der Waals surface area contributed by atoms with E-state index in [0.29, 0.717) is 0 Å². The van der Waals surface area contributed by atoms with Crippen molar-refractivity contribution in [2.75, 3.05) is 6.54 Å². The molecule has 3 nitrogen and oxygen atoms in total. The summed E-state index contributed by atoms with van der Waals surface area (Å²) in [6, 6.07) is 7.63. The van der Waals surface area contributed by atoms with Gasteiger partial charge in [0.25, 0.3) is 0 Å². The zero-order valence-electron chi connectivity index (χ0n) is 9.90. The number of carbonyl (C=O) groups is 1. The fourth-order valence-corrected chi connectivity index (χ4v) is 1.56. The molecule has 0 radical (unpaired) electrons. The van der Waals surface area contributed by atoms with E-state index in [1.54, 1.807) is 19.9 Å². The summed E-state index contributed by atoms with van der Waals surface area (Å²) >= 11 is 3.39. The van der Waals surface area contributed by atoms with Crippen LogP contribution in [0, 0.1) is 0 Å². The van der Waals surface area contributed by atoms with Gasteiger partial charge in [-0.25, -0.2) is 0 Å². The Morgan fingerprint density at radius 2 is 2.12 bits per heavy atom. The van der Waals surface area contributed by atoms with E-state index in [4.69, 9.17) is 0 Å². The highest BCUT2D eigenvalue weighted by molar-refractivity contribution is 9.10. The van der Waals surface area contributed by atoms with Gasteiger partial charge in [0, 0.05) is 17.1 Å². The van der Waals surface area contributed by atoms with E-state index in [9.17, 15) is 9.90 Å². The van der Waals surface area contributed by atoms with Crippen LogP contribution in [-0.2, 0) is 4.79 Å². The molecule has 17 heavy (non-hydrogen) atoms. The molecule has 0 spiro atoms. The topological polar surface area (TPSA) is 49.3 Å². The van der Waals surface area contributed by atoms with Gasteiger partial charge in [0.15, 0.2) is 0 Å². The number of halogens is 1. The summed E-state index contributed by atoms with van der Waals surface area (Å²) in [5.74, 6) is -0.220. The maximum absolute atomic E-state index is 11.5. The van der Waals surface area contributed by atoms with E-state index in [0.717, 1.165) is 10.0 Å². The molecule has 92 valence electrons. The van der Waals surface area contributed by atoms with E-state index in [2.05, 4.69) is 21.2 Å². The molecule has 0 fully saturated rings. The van der Waals surface area contributed by atoms with Crippen LogP contribution >= 0.6 is 15.9 Å². The number of hydrogen-bond acceptors (Lipinski definition) is 2. The highest BCUT2D eigenvalue weighted by Crippen LogP contribution is 2.16. The van der Waals surface area contributed by atoms with E-state index >= 15 is 0 Å². The van der Waals surface area contributed by atoms with Gasteiger partial charge in [0.1, 0.15) is 0 Å². The van der Waals surface area contributed by atoms with Crippen LogP contribution in [-0.4, -0.2) is 23.2 Å². The normalized spacial score (nSPS) is 11.8. The first-order valence-corrected chi connectivity index (χ1v) is 6.10. The number of rotatable bonds is 4. The molecule has 1 aromatic carbocycles. The first kappa shape index (κ1) is 13.9. The zero-order chi connectivity index (χ0) is 12.9. The van der Waals surface area contributed by atoms with Gasteiger partial charge in [-0.2, -0.15) is 0 Å². The third-order valence-electron chi connectivity index (χ3n) is 2.01. The monoisotopic (exact) mass is 297 g/mol. The van der Waals surface area contributed by atoms with Crippen LogP contribution in [0.1, 0.15) is 19.4 Å². The molecule has 1 amide bonds. The molecule has 1 aromatic rings. The summed E-state index contributed by atoms with van der Waals surface area (Å²) < 4.78 is 0.937. The predicted octanol–water partition coefficient (Wildman–Crippen LogP) is 2.35. The largest absolute Gasteiger partial charge is 0.389 e. The molecule has 0 heterocycles. The lowest BCUT2D eigenvalue weighted by Crippen LogP contribution is -2.37. The molecule has 0 saturated carbocycles. The van der Waals surface area contributed by atoms with E-state index < -0.39 is 5.60 Å². The van der Waals surface area contributed by atoms with Gasteiger partial charge in [0.2, 0.25) is 5.91 Å². The van der Waals surface area contributed by atoms with Gasteiger partial charge >= 0.3 is 0 Å². The third-order valence-corrected chi connectivity index (χ3v) is 2.74. The Morgan fingerprint density at radius 3 is 2.71 bits per heavy atom. The summed E-state index contributed by atoms with van der Waals surface area (Å²) in [5.41, 5.74) is 0.0440. The van der Waals surface area contributed by atoms with Crippen LogP contribution in [0.2, 0.25) is 0 Å². The lowest BCUT2D eigenvalue weighted by Gasteiger charge is -2.16. The van der Waals surface area contributed by atoms with E-state index in [-0.39, 0.29) is 12.5 Å². The van der Waals surface area contributed by atoms with Crippen molar-refractivity contribution in [3.63, 3.8) is 0 Å². The van der Waals surface area contributed by atoms with Gasteiger partial charge in [-0.1, -0.05) is 34.1 Å². The second-order valence-electron chi connectivity index (χ2n) is 4.39. The van der Waals surface area contributed by atoms with Crippen molar-refractivity contribution in [2.24, 2.45) is 0 Å². The van der Waals surface area contributed by atoms with Gasteiger partial charge in [0.05, 0.1) is 5.60 Å². The molecule has 0 atom stereocenters. The molecule has 1 rings (SSSR count). The number of aliphatic hydroxyl groups is 1. The molecule has 0 unspecified atom stereocenters. The maximum atomic E-state index is 11.5. The minimum atomic E-state index is -0.892. The second kappa shape index (κ2) is 5.98. The Hall–Kier alpha value is -1.13. The number of nitrogens with one attached hydrogen (secondary N) is 1. The van der Waals surface area contributed by atoms with Crippen molar-refractivity contribution in [3.8, 4) is 0 Å². The quantitative estimate of drug-likeness (QED) is 0.838. The Bertz CT molecular complexity index is 422. The summed E-state index contributed by atoms with van der Waals surface area (Å²) in [4.78, 5) is 11.5. The number of benzene rings is 1. The molecule has 0 aliphatic rings. The fourth-order valence-electron chi connectivity index (χ4n) is 1.14. The highest BCUT2D eigenvalue weighted by Gasteiger charge is 2.12. The van der Waals surface area contributed by atoms with Crippen LogP contribution in [0.15, 0.2) is 34.8 Å². The Balaban J connectivity index is 2.55. The minimum Gasteiger partial charge on any atom is -0.389 e. The summed E-state index contributed by atoms with van der Waals surface area (Å²) in [6.07, 6.45) is 3.18. The Kier molecular flexibility index (Phi) is 4.90. The second-order valence-corrected chi connectivity index (χ2v) is 5.24. The van der Waals surface area contributed by atoms with Crippen LogP contribution in [0.5, 0.6) is 0 Å². The van der Waals surface area contributed by atoms with E-state index in [1.165, 1.54) is 6.08 Å². The average molecular weight is 298 g/mol. The smallest absolute Gasteiger partial charge is 0.244 e. The van der Waals surface area contributed by atoms with Gasteiger partial charge in [-0.15, -0.1) is 0 Å². The van der Waals surface area contributed by atoms with Crippen molar-refractivity contribution >= 4 is 27.9 Å². The molecule has 0 saturated heterocycles. The lowest BCUT2D eigenvalue weighted by molar-refractivity contribution is -0.117. The van der Waals surface area contributed by atoms with Crippen molar-refractivity contribution in [3.05, 3.63) is 40.4 Å². The third kappa shape index (κ3) is 5.65. The first-order chi connectivity index (χ1) is 7.88. The summed E-state index contributed by atoms with van der Waals surface area (Å²) in [7, 11) is 0. The Labute approximate surface area is 110 Å². The lowest BCUT2D eigenvalue weighted by atomic mass is 10.1. The molecule has 2 N–H and O–H groups in total.